The van der Waals surface area contributed by atoms with Crippen molar-refractivity contribution in [2.45, 2.75) is 19.5 Å². The zero-order chi connectivity index (χ0) is 12.3. The Kier molecular flexibility index (Phi) is 3.66. The normalized spacial score (nSPS) is 15.4. The van der Waals surface area contributed by atoms with Gasteiger partial charge < -0.3 is 14.4 Å². The van der Waals surface area contributed by atoms with E-state index in [9.17, 15) is 8.78 Å². The summed E-state index contributed by atoms with van der Waals surface area (Å²) in [5, 5.41) is 0. The highest BCUT2D eigenvalue weighted by atomic mass is 19.3. The van der Waals surface area contributed by atoms with Crippen LogP contribution in [0.5, 0.6) is 11.5 Å². The van der Waals surface area contributed by atoms with E-state index in [0.717, 1.165) is 25.9 Å². The van der Waals surface area contributed by atoms with Gasteiger partial charge in [-0.15, -0.1) is 0 Å². The number of ether oxygens (including phenoxy) is 2. The molecule has 1 aromatic carbocycles. The Morgan fingerprint density at radius 3 is 2.53 bits per heavy atom. The summed E-state index contributed by atoms with van der Waals surface area (Å²) in [6.45, 7) is -1.10. The molecular weight excluding hydrogens is 228 g/mol. The molecule has 0 saturated carbocycles. The van der Waals surface area contributed by atoms with Crippen molar-refractivity contribution in [1.82, 2.24) is 0 Å². The van der Waals surface area contributed by atoms with Crippen LogP contribution in [-0.2, 0) is 0 Å². The Bertz CT molecular complexity index is 379. The summed E-state index contributed by atoms with van der Waals surface area (Å²) >= 11 is 0. The molecule has 2 rings (SSSR count). The quantitative estimate of drug-likeness (QED) is 0.811. The van der Waals surface area contributed by atoms with Gasteiger partial charge in [0.2, 0.25) is 0 Å². The fraction of sp³-hybridized carbons (Fsp3) is 0.500. The molecule has 0 radical (unpaired) electrons. The molecule has 1 saturated heterocycles. The third-order valence-electron chi connectivity index (χ3n) is 2.83. The minimum Gasteiger partial charge on any atom is -0.493 e. The van der Waals surface area contributed by atoms with Crippen LogP contribution in [0, 0.1) is 0 Å². The van der Waals surface area contributed by atoms with Gasteiger partial charge in [-0.2, -0.15) is 8.78 Å². The summed E-state index contributed by atoms with van der Waals surface area (Å²) < 4.78 is 34.5. The first-order chi connectivity index (χ1) is 8.22. The number of rotatable bonds is 4. The van der Waals surface area contributed by atoms with Gasteiger partial charge in [0.15, 0.2) is 11.5 Å². The van der Waals surface area contributed by atoms with Gasteiger partial charge in [0, 0.05) is 13.1 Å². The number of methoxy groups -OCH3 is 1. The molecule has 1 heterocycles. The number of nitrogens with zero attached hydrogens (tertiary/aromatic N) is 1. The topological polar surface area (TPSA) is 21.7 Å². The molecule has 0 aliphatic carbocycles. The van der Waals surface area contributed by atoms with E-state index in [1.165, 1.54) is 7.11 Å². The summed E-state index contributed by atoms with van der Waals surface area (Å²) in [7, 11) is 1.45. The second kappa shape index (κ2) is 5.21. The lowest BCUT2D eigenvalue weighted by Gasteiger charge is -2.22. The Hall–Kier alpha value is -1.52. The predicted octanol–water partition coefficient (Wildman–Crippen LogP) is 2.90. The fourth-order valence-electron chi connectivity index (χ4n) is 2.08. The fourth-order valence-corrected chi connectivity index (χ4v) is 2.08. The minimum absolute atomic E-state index is 0.131. The molecule has 3 nitrogen and oxygen atoms in total. The first-order valence-corrected chi connectivity index (χ1v) is 5.59. The Morgan fingerprint density at radius 1 is 1.24 bits per heavy atom. The average Bonchev–Trinajstić information content (AvgIpc) is 2.82. The van der Waals surface area contributed by atoms with Crippen LogP contribution in [0.3, 0.4) is 0 Å². The van der Waals surface area contributed by atoms with Gasteiger partial charge >= 0.3 is 6.61 Å². The highest BCUT2D eigenvalue weighted by molar-refractivity contribution is 5.65. The number of para-hydroxylation sites is 1. The molecule has 94 valence electrons. The summed E-state index contributed by atoms with van der Waals surface area (Å²) in [6.07, 6.45) is 2.15. The maximum atomic E-state index is 12.4. The summed E-state index contributed by atoms with van der Waals surface area (Å²) in [5.74, 6) is 0.474. The van der Waals surface area contributed by atoms with Gasteiger partial charge in [-0.1, -0.05) is 6.07 Å². The maximum Gasteiger partial charge on any atom is 0.387 e. The van der Waals surface area contributed by atoms with Crippen LogP contribution in [0.2, 0.25) is 0 Å². The van der Waals surface area contributed by atoms with Crippen LogP contribution in [-0.4, -0.2) is 26.8 Å². The molecule has 0 aromatic heterocycles. The molecule has 1 aliphatic heterocycles. The van der Waals surface area contributed by atoms with E-state index in [0.29, 0.717) is 11.4 Å². The van der Waals surface area contributed by atoms with E-state index < -0.39 is 6.61 Å². The van der Waals surface area contributed by atoms with E-state index in [1.807, 2.05) is 4.90 Å². The zero-order valence-corrected chi connectivity index (χ0v) is 9.66. The van der Waals surface area contributed by atoms with Crippen LogP contribution in [0.1, 0.15) is 12.8 Å². The molecule has 0 spiro atoms. The van der Waals surface area contributed by atoms with Gasteiger partial charge in [-0.3, -0.25) is 0 Å². The van der Waals surface area contributed by atoms with Crippen molar-refractivity contribution < 1.29 is 18.3 Å². The Balaban J connectivity index is 2.34. The van der Waals surface area contributed by atoms with E-state index in [-0.39, 0.29) is 5.75 Å². The molecule has 0 amide bonds. The zero-order valence-electron chi connectivity index (χ0n) is 9.66. The third-order valence-corrected chi connectivity index (χ3v) is 2.83. The van der Waals surface area contributed by atoms with E-state index in [4.69, 9.17) is 4.74 Å². The lowest BCUT2D eigenvalue weighted by Crippen LogP contribution is -2.19. The Labute approximate surface area is 98.9 Å². The number of halogens is 2. The molecule has 1 aliphatic rings. The van der Waals surface area contributed by atoms with Crippen molar-refractivity contribution >= 4 is 5.69 Å². The molecule has 0 bridgehead atoms. The monoisotopic (exact) mass is 243 g/mol. The van der Waals surface area contributed by atoms with Crippen molar-refractivity contribution in [1.29, 1.82) is 0 Å². The lowest BCUT2D eigenvalue weighted by atomic mass is 10.2. The van der Waals surface area contributed by atoms with E-state index in [2.05, 4.69) is 4.74 Å². The lowest BCUT2D eigenvalue weighted by molar-refractivity contribution is -0.0508. The average molecular weight is 243 g/mol. The Morgan fingerprint density at radius 2 is 1.94 bits per heavy atom. The van der Waals surface area contributed by atoms with Crippen molar-refractivity contribution in [2.24, 2.45) is 0 Å². The van der Waals surface area contributed by atoms with Gasteiger partial charge in [-0.05, 0) is 25.0 Å². The van der Waals surface area contributed by atoms with Crippen molar-refractivity contribution in [3.8, 4) is 11.5 Å². The molecule has 0 atom stereocenters. The van der Waals surface area contributed by atoms with Crippen molar-refractivity contribution in [3.05, 3.63) is 18.2 Å². The maximum absolute atomic E-state index is 12.4. The van der Waals surface area contributed by atoms with Gasteiger partial charge in [0.25, 0.3) is 0 Å². The molecule has 17 heavy (non-hydrogen) atoms. The predicted molar refractivity (Wildman–Crippen MR) is 61.1 cm³/mol. The van der Waals surface area contributed by atoms with Crippen molar-refractivity contribution in [3.63, 3.8) is 0 Å². The van der Waals surface area contributed by atoms with Crippen molar-refractivity contribution in [2.75, 3.05) is 25.1 Å². The highest BCUT2D eigenvalue weighted by Crippen LogP contribution is 2.39. The standard InChI is InChI=1S/C12H15F2NO2/c1-16-10-6-4-5-9(11(10)17-12(13)14)15-7-2-3-8-15/h4-6,12H,2-3,7-8H2,1H3. The largest absolute Gasteiger partial charge is 0.493 e. The number of hydrogen-bond donors (Lipinski definition) is 0. The molecule has 1 aromatic rings. The molecule has 0 N–H and O–H groups in total. The number of benzene rings is 1. The summed E-state index contributed by atoms with van der Waals surface area (Å²) in [5.41, 5.74) is 0.683. The summed E-state index contributed by atoms with van der Waals surface area (Å²) in [6, 6.07) is 5.19. The molecule has 5 heteroatoms. The second-order valence-electron chi connectivity index (χ2n) is 3.88. The van der Waals surface area contributed by atoms with Crippen LogP contribution >= 0.6 is 0 Å². The van der Waals surface area contributed by atoms with Crippen LogP contribution in [0.4, 0.5) is 14.5 Å². The first-order valence-electron chi connectivity index (χ1n) is 5.59. The molecule has 0 unspecified atom stereocenters. The first kappa shape index (κ1) is 12.0. The van der Waals surface area contributed by atoms with Crippen LogP contribution < -0.4 is 14.4 Å². The van der Waals surface area contributed by atoms with E-state index in [1.54, 1.807) is 18.2 Å². The second-order valence-corrected chi connectivity index (χ2v) is 3.88. The number of alkyl halides is 2. The van der Waals surface area contributed by atoms with E-state index >= 15 is 0 Å². The minimum atomic E-state index is -2.84. The number of hydrogen-bond acceptors (Lipinski definition) is 3. The van der Waals surface area contributed by atoms with Crippen LogP contribution in [0.15, 0.2) is 18.2 Å². The molecular formula is C12H15F2NO2. The van der Waals surface area contributed by atoms with Gasteiger partial charge in [0.1, 0.15) is 0 Å². The smallest absolute Gasteiger partial charge is 0.387 e. The highest BCUT2D eigenvalue weighted by Gasteiger charge is 2.21. The van der Waals surface area contributed by atoms with Crippen LogP contribution in [0.25, 0.3) is 0 Å². The SMILES string of the molecule is COc1cccc(N2CCCC2)c1OC(F)F. The number of anilines is 1. The molecule has 1 fully saturated rings. The van der Waals surface area contributed by atoms with Gasteiger partial charge in [0.05, 0.1) is 12.8 Å². The third kappa shape index (κ3) is 2.60. The van der Waals surface area contributed by atoms with Gasteiger partial charge in [-0.25, -0.2) is 0 Å². The summed E-state index contributed by atoms with van der Waals surface area (Å²) in [4.78, 5) is 2.04.